The van der Waals surface area contributed by atoms with Gasteiger partial charge in [0.15, 0.2) is 5.57 Å². The lowest BCUT2D eigenvalue weighted by Crippen LogP contribution is -2.32. The van der Waals surface area contributed by atoms with E-state index in [2.05, 4.69) is 5.32 Å². The number of aromatic nitrogens is 1. The average molecular weight is 498 g/mol. The van der Waals surface area contributed by atoms with Crippen LogP contribution in [0.2, 0.25) is 0 Å². The first kappa shape index (κ1) is 24.5. The second-order valence-electron chi connectivity index (χ2n) is 7.57. The summed E-state index contributed by atoms with van der Waals surface area (Å²) in [5.41, 5.74) is 1.33. The molecule has 36 heavy (non-hydrogen) atoms. The number of methoxy groups -OCH3 is 1. The molecular formula is C28H23N3O4S. The van der Waals surface area contributed by atoms with Crippen LogP contribution in [0.5, 0.6) is 11.5 Å². The van der Waals surface area contributed by atoms with Gasteiger partial charge in [0, 0.05) is 5.69 Å². The highest BCUT2D eigenvalue weighted by atomic mass is 32.1. The van der Waals surface area contributed by atoms with E-state index >= 15 is 0 Å². The molecule has 4 aromatic rings. The topological polar surface area (TPSA) is 93.3 Å². The summed E-state index contributed by atoms with van der Waals surface area (Å²) in [5, 5.41) is 12.7. The minimum Gasteiger partial charge on any atom is -0.497 e. The molecule has 0 aliphatic heterocycles. The number of carbonyl (C=O) groups excluding carboxylic acids is 1. The fourth-order valence-electron chi connectivity index (χ4n) is 3.53. The van der Waals surface area contributed by atoms with E-state index in [9.17, 15) is 14.9 Å². The lowest BCUT2D eigenvalue weighted by Gasteiger charge is -2.07. The molecule has 8 heteroatoms. The number of nitriles is 1. The molecular weight excluding hydrogens is 474 g/mol. The molecule has 1 N–H and O–H groups in total. The van der Waals surface area contributed by atoms with E-state index in [1.165, 1.54) is 4.57 Å². The van der Waals surface area contributed by atoms with Crippen LogP contribution in [0.1, 0.15) is 12.5 Å². The molecule has 0 saturated heterocycles. The molecule has 180 valence electrons. The standard InChI is InChI=1S/C28H23N3O4S/c1-3-35-22-14-12-20(13-15-22)30-26(32)24(18-29)28-31(21-9-5-4-6-10-21)27(33)25(36-28)17-19-8-7-11-23(16-19)34-2/h4-17H,3H2,1-2H3,(H,30,32)/b25-17+,28-24-. The fourth-order valence-corrected chi connectivity index (χ4v) is 4.64. The SMILES string of the molecule is CCOc1ccc(NC(=O)/C(C#N)=c2\s/c(=C/c3cccc(OC)c3)c(=O)n2-c2ccccc2)cc1. The molecule has 4 rings (SSSR count). The summed E-state index contributed by atoms with van der Waals surface area (Å²) < 4.78 is 12.7. The Balaban J connectivity index is 1.86. The van der Waals surface area contributed by atoms with Gasteiger partial charge in [0.1, 0.15) is 22.2 Å². The molecule has 3 aromatic carbocycles. The summed E-state index contributed by atoms with van der Waals surface area (Å²) in [7, 11) is 1.57. The number of benzene rings is 3. The predicted molar refractivity (Wildman–Crippen MR) is 141 cm³/mol. The van der Waals surface area contributed by atoms with Gasteiger partial charge < -0.3 is 14.8 Å². The van der Waals surface area contributed by atoms with Gasteiger partial charge in [-0.3, -0.25) is 14.2 Å². The maximum absolute atomic E-state index is 13.5. The van der Waals surface area contributed by atoms with Crippen LogP contribution < -0.4 is 29.5 Å². The molecule has 0 fully saturated rings. The minimum atomic E-state index is -0.611. The van der Waals surface area contributed by atoms with E-state index in [-0.39, 0.29) is 15.8 Å². The number of amides is 1. The number of anilines is 1. The van der Waals surface area contributed by atoms with Crippen molar-refractivity contribution >= 4 is 34.6 Å². The highest BCUT2D eigenvalue weighted by Gasteiger charge is 2.17. The number of rotatable bonds is 7. The number of hydrogen-bond donors (Lipinski definition) is 1. The Kier molecular flexibility index (Phi) is 7.63. The molecule has 0 saturated carbocycles. The van der Waals surface area contributed by atoms with Gasteiger partial charge in [-0.05, 0) is 67.1 Å². The van der Waals surface area contributed by atoms with Crippen molar-refractivity contribution < 1.29 is 14.3 Å². The second kappa shape index (κ2) is 11.2. The Bertz CT molecular complexity index is 1600. The van der Waals surface area contributed by atoms with Gasteiger partial charge in [0.25, 0.3) is 11.5 Å². The number of carbonyl (C=O) groups is 1. The molecule has 1 amide bonds. The van der Waals surface area contributed by atoms with Crippen molar-refractivity contribution in [3.63, 3.8) is 0 Å². The van der Waals surface area contributed by atoms with E-state index in [4.69, 9.17) is 9.47 Å². The lowest BCUT2D eigenvalue weighted by atomic mass is 10.2. The number of nitrogens with zero attached hydrogens (tertiary/aromatic N) is 2. The molecule has 0 atom stereocenters. The van der Waals surface area contributed by atoms with E-state index in [0.717, 1.165) is 16.9 Å². The predicted octanol–water partition coefficient (Wildman–Crippen LogP) is 3.45. The summed E-state index contributed by atoms with van der Waals surface area (Å²) in [6, 6.07) is 25.1. The van der Waals surface area contributed by atoms with Gasteiger partial charge in [-0.2, -0.15) is 5.26 Å². The fraction of sp³-hybridized carbons (Fsp3) is 0.107. The van der Waals surface area contributed by atoms with Crippen molar-refractivity contribution in [3.05, 3.63) is 104 Å². The molecule has 7 nitrogen and oxygen atoms in total. The summed E-state index contributed by atoms with van der Waals surface area (Å²) in [4.78, 5) is 26.7. The number of thiazole rings is 1. The molecule has 0 unspecified atom stereocenters. The lowest BCUT2D eigenvalue weighted by molar-refractivity contribution is -0.111. The average Bonchev–Trinajstić information content (AvgIpc) is 3.21. The summed E-state index contributed by atoms with van der Waals surface area (Å²) in [6.07, 6.45) is 1.72. The van der Waals surface area contributed by atoms with Crippen molar-refractivity contribution in [2.24, 2.45) is 0 Å². The van der Waals surface area contributed by atoms with Crippen LogP contribution in [0, 0.1) is 11.3 Å². The van der Waals surface area contributed by atoms with Crippen LogP contribution >= 0.6 is 11.3 Å². The number of para-hydroxylation sites is 1. The Morgan fingerprint density at radius 3 is 2.47 bits per heavy atom. The molecule has 0 spiro atoms. The van der Waals surface area contributed by atoms with Gasteiger partial charge in [-0.1, -0.05) is 30.3 Å². The van der Waals surface area contributed by atoms with Crippen LogP contribution in [0.15, 0.2) is 83.7 Å². The highest BCUT2D eigenvalue weighted by Crippen LogP contribution is 2.16. The molecule has 1 heterocycles. The van der Waals surface area contributed by atoms with Gasteiger partial charge in [0.05, 0.1) is 23.9 Å². The van der Waals surface area contributed by atoms with Gasteiger partial charge in [0.2, 0.25) is 0 Å². The van der Waals surface area contributed by atoms with Crippen LogP contribution in [-0.4, -0.2) is 24.2 Å². The van der Waals surface area contributed by atoms with E-state index < -0.39 is 5.91 Å². The maximum atomic E-state index is 13.5. The Morgan fingerprint density at radius 2 is 1.81 bits per heavy atom. The monoisotopic (exact) mass is 497 g/mol. The molecule has 1 aromatic heterocycles. The first-order valence-electron chi connectivity index (χ1n) is 11.2. The van der Waals surface area contributed by atoms with Crippen LogP contribution in [0.4, 0.5) is 5.69 Å². The number of ether oxygens (including phenoxy) is 2. The van der Waals surface area contributed by atoms with Crippen molar-refractivity contribution in [2.75, 3.05) is 19.0 Å². The van der Waals surface area contributed by atoms with Gasteiger partial charge >= 0.3 is 0 Å². The number of hydrogen-bond acceptors (Lipinski definition) is 6. The quantitative estimate of drug-likeness (QED) is 0.422. The van der Waals surface area contributed by atoms with Crippen LogP contribution in [-0.2, 0) is 4.79 Å². The molecule has 0 bridgehead atoms. The van der Waals surface area contributed by atoms with Crippen molar-refractivity contribution in [3.8, 4) is 23.3 Å². The van der Waals surface area contributed by atoms with Crippen LogP contribution in [0.25, 0.3) is 17.3 Å². The third-order valence-electron chi connectivity index (χ3n) is 5.21. The molecule has 0 aliphatic rings. The van der Waals surface area contributed by atoms with Crippen molar-refractivity contribution in [2.45, 2.75) is 6.92 Å². The van der Waals surface area contributed by atoms with Crippen molar-refractivity contribution in [1.29, 1.82) is 5.26 Å². The third kappa shape index (κ3) is 5.37. The highest BCUT2D eigenvalue weighted by molar-refractivity contribution is 7.07. The minimum absolute atomic E-state index is 0.167. The zero-order valence-electron chi connectivity index (χ0n) is 19.7. The Morgan fingerprint density at radius 1 is 1.06 bits per heavy atom. The smallest absolute Gasteiger partial charge is 0.273 e. The first-order valence-corrected chi connectivity index (χ1v) is 12.0. The summed E-state index contributed by atoms with van der Waals surface area (Å²) in [6.45, 7) is 2.42. The second-order valence-corrected chi connectivity index (χ2v) is 8.60. The Labute approximate surface area is 211 Å². The van der Waals surface area contributed by atoms with E-state index in [1.54, 1.807) is 67.8 Å². The first-order chi connectivity index (χ1) is 17.5. The summed E-state index contributed by atoms with van der Waals surface area (Å²) in [5.74, 6) is 0.720. The van der Waals surface area contributed by atoms with Crippen LogP contribution in [0.3, 0.4) is 0 Å². The molecule has 0 radical (unpaired) electrons. The van der Waals surface area contributed by atoms with E-state index in [1.807, 2.05) is 37.3 Å². The van der Waals surface area contributed by atoms with Gasteiger partial charge in [-0.25, -0.2) is 0 Å². The van der Waals surface area contributed by atoms with Crippen molar-refractivity contribution in [1.82, 2.24) is 4.57 Å². The molecule has 0 aliphatic carbocycles. The third-order valence-corrected chi connectivity index (χ3v) is 6.30. The summed E-state index contributed by atoms with van der Waals surface area (Å²) >= 11 is 1.08. The largest absolute Gasteiger partial charge is 0.497 e. The van der Waals surface area contributed by atoms with Gasteiger partial charge in [-0.15, -0.1) is 11.3 Å². The maximum Gasteiger partial charge on any atom is 0.273 e. The van der Waals surface area contributed by atoms with E-state index in [0.29, 0.717) is 34.0 Å². The number of nitrogens with one attached hydrogen (secondary N) is 1. The normalized spacial score (nSPS) is 12.0. The zero-order chi connectivity index (χ0) is 25.5. The Hall–Kier alpha value is -4.61. The zero-order valence-corrected chi connectivity index (χ0v) is 20.5.